The van der Waals surface area contributed by atoms with Gasteiger partial charge in [-0.25, -0.2) is 4.79 Å². The van der Waals surface area contributed by atoms with Crippen LogP contribution >= 0.6 is 46.4 Å². The Balaban J connectivity index is 1.77. The van der Waals surface area contributed by atoms with Gasteiger partial charge >= 0.3 is 12.3 Å². The summed E-state index contributed by atoms with van der Waals surface area (Å²) in [4.78, 5) is 17.1. The van der Waals surface area contributed by atoms with Gasteiger partial charge in [0.15, 0.2) is 0 Å². The van der Waals surface area contributed by atoms with Gasteiger partial charge in [0.05, 0.1) is 11.1 Å². The Hall–Kier alpha value is -1.35. The van der Waals surface area contributed by atoms with Crippen LogP contribution in [0.4, 0.5) is 18.0 Å². The van der Waals surface area contributed by atoms with Gasteiger partial charge in [-0.3, -0.25) is 5.32 Å². The van der Waals surface area contributed by atoms with E-state index in [1.807, 2.05) is 0 Å². The molecule has 3 aliphatic rings. The normalized spacial score (nSPS) is 30.0. The third-order valence-electron chi connectivity index (χ3n) is 5.41. The number of carbonyl (C=O) groups is 1. The molecule has 1 amide bonds. The van der Waals surface area contributed by atoms with E-state index in [1.54, 1.807) is 25.2 Å². The lowest BCUT2D eigenvalue weighted by Gasteiger charge is -2.34. The zero-order valence-electron chi connectivity index (χ0n) is 17.6. The number of halogens is 7. The van der Waals surface area contributed by atoms with Crippen LogP contribution in [0.5, 0.6) is 0 Å². The van der Waals surface area contributed by atoms with Gasteiger partial charge in [0.25, 0.3) is 5.60 Å². The molecule has 1 aliphatic heterocycles. The summed E-state index contributed by atoms with van der Waals surface area (Å²) in [5.74, 6) is 0. The highest BCUT2D eigenvalue weighted by Gasteiger charge is 2.64. The van der Waals surface area contributed by atoms with Crippen molar-refractivity contribution in [3.05, 3.63) is 46.7 Å². The minimum Gasteiger partial charge on any atom is -0.446 e. The average Bonchev–Trinajstić information content (AvgIpc) is 3.13. The smallest absolute Gasteiger partial charge is 0.435 e. The van der Waals surface area contributed by atoms with Gasteiger partial charge in [0, 0.05) is 41.0 Å². The summed E-state index contributed by atoms with van der Waals surface area (Å²) in [7, 11) is 0. The van der Waals surface area contributed by atoms with Gasteiger partial charge in [-0.15, -0.1) is 11.6 Å². The number of carbonyl (C=O) groups excluding carboxylic acids is 1. The molecule has 0 bridgehead atoms. The molecule has 0 saturated heterocycles. The molecule has 0 fully saturated rings. The van der Waals surface area contributed by atoms with E-state index >= 15 is 0 Å². The Morgan fingerprint density at radius 3 is 2.67 bits per heavy atom. The summed E-state index contributed by atoms with van der Waals surface area (Å²) in [5.41, 5.74) is -3.26. The van der Waals surface area contributed by atoms with Crippen molar-refractivity contribution < 1.29 is 27.5 Å². The van der Waals surface area contributed by atoms with E-state index in [1.165, 1.54) is 19.1 Å². The first-order valence-electron chi connectivity index (χ1n) is 9.88. The summed E-state index contributed by atoms with van der Waals surface area (Å²) in [6.45, 7) is 2.92. The molecule has 2 aliphatic carbocycles. The Kier molecular flexibility index (Phi) is 7.45. The van der Waals surface area contributed by atoms with Crippen molar-refractivity contribution in [2.24, 2.45) is 10.6 Å². The molecule has 182 valence electrons. The third-order valence-corrected chi connectivity index (χ3v) is 6.17. The molecule has 3 unspecified atom stereocenters. The SMILES string of the molecule is CC(Cl)(Cl)COC(=O)NC1=CC=CC(C)(C2=NOC(C3=CC(Cl)CC(Cl)=C3)(C(F)(F)F)C2)C1. The molecule has 3 rings (SSSR count). The molecule has 12 heteroatoms. The van der Waals surface area contributed by atoms with Crippen LogP contribution < -0.4 is 5.32 Å². The van der Waals surface area contributed by atoms with Gasteiger partial charge in [-0.2, -0.15) is 13.2 Å². The number of nitrogens with zero attached hydrogens (tertiary/aromatic N) is 1. The molecule has 1 heterocycles. The van der Waals surface area contributed by atoms with Crippen LogP contribution in [0.3, 0.4) is 0 Å². The molecule has 0 radical (unpaired) electrons. The van der Waals surface area contributed by atoms with Crippen molar-refractivity contribution in [2.75, 3.05) is 6.61 Å². The maximum absolute atomic E-state index is 14.3. The molecule has 0 aromatic rings. The number of hydrogen-bond acceptors (Lipinski definition) is 4. The van der Waals surface area contributed by atoms with Crippen molar-refractivity contribution >= 4 is 58.2 Å². The fraction of sp³-hybridized carbons (Fsp3) is 0.524. The molecule has 1 N–H and O–H groups in total. The number of nitrogens with one attached hydrogen (secondary N) is 1. The number of rotatable bonds is 5. The zero-order chi connectivity index (χ0) is 24.7. The Bertz CT molecular complexity index is 969. The van der Waals surface area contributed by atoms with E-state index in [0.29, 0.717) is 5.70 Å². The van der Waals surface area contributed by atoms with Gasteiger partial charge in [-0.05, 0) is 19.1 Å². The Morgan fingerprint density at radius 2 is 2.06 bits per heavy atom. The van der Waals surface area contributed by atoms with E-state index in [-0.39, 0.29) is 35.8 Å². The van der Waals surface area contributed by atoms with E-state index < -0.39 is 39.4 Å². The van der Waals surface area contributed by atoms with Crippen LogP contribution in [0, 0.1) is 5.41 Å². The fourth-order valence-corrected chi connectivity index (χ4v) is 4.48. The third kappa shape index (κ3) is 6.02. The first-order valence-corrected chi connectivity index (χ1v) is 11.5. The monoisotopic (exact) mass is 546 g/mol. The standard InChI is InChI=1S/C21H21Cl4F3N2O3/c1-18(5-3-4-15(9-18)29-17(31)32-11-19(2,24)25)16-10-20(33-30-16,21(26,27)28)12-6-13(22)8-14(23)7-12/h3-7,13H,8-11H2,1-2H3,(H,29,31). The van der Waals surface area contributed by atoms with Crippen molar-refractivity contribution in [3.63, 3.8) is 0 Å². The predicted octanol–water partition coefficient (Wildman–Crippen LogP) is 6.89. The summed E-state index contributed by atoms with van der Waals surface area (Å²) < 4.78 is 46.5. The second-order valence-electron chi connectivity index (χ2n) is 8.48. The van der Waals surface area contributed by atoms with Crippen LogP contribution in [0.1, 0.15) is 33.1 Å². The van der Waals surface area contributed by atoms with E-state index in [9.17, 15) is 18.0 Å². The number of alkyl halides is 6. The molecule has 0 spiro atoms. The minimum atomic E-state index is -4.78. The van der Waals surface area contributed by atoms with Crippen LogP contribution in [-0.2, 0) is 9.57 Å². The minimum absolute atomic E-state index is 0.154. The molecular weight excluding hydrogens is 527 g/mol. The Labute approximate surface area is 209 Å². The molecule has 0 saturated carbocycles. The van der Waals surface area contributed by atoms with Gasteiger partial charge in [0.1, 0.15) is 10.9 Å². The van der Waals surface area contributed by atoms with Crippen molar-refractivity contribution in [2.45, 2.75) is 54.6 Å². The quantitative estimate of drug-likeness (QED) is 0.381. The summed E-state index contributed by atoms with van der Waals surface area (Å²) >= 11 is 23.7. The van der Waals surface area contributed by atoms with E-state index in [0.717, 1.165) is 0 Å². The van der Waals surface area contributed by atoms with E-state index in [2.05, 4.69) is 10.5 Å². The summed E-state index contributed by atoms with van der Waals surface area (Å²) in [6.07, 6.45) is 1.72. The first kappa shape index (κ1) is 26.3. The lowest BCUT2D eigenvalue weighted by atomic mass is 9.73. The largest absolute Gasteiger partial charge is 0.446 e. The highest BCUT2D eigenvalue weighted by Crippen LogP contribution is 2.51. The van der Waals surface area contributed by atoms with Crippen LogP contribution in [0.25, 0.3) is 0 Å². The van der Waals surface area contributed by atoms with Crippen molar-refractivity contribution in [3.8, 4) is 0 Å². The lowest BCUT2D eigenvalue weighted by Crippen LogP contribution is -2.48. The fourth-order valence-electron chi connectivity index (χ4n) is 3.71. The number of allylic oxidation sites excluding steroid dienone is 6. The summed E-state index contributed by atoms with van der Waals surface area (Å²) in [6, 6.07) is 0. The predicted molar refractivity (Wildman–Crippen MR) is 123 cm³/mol. The Morgan fingerprint density at radius 1 is 1.36 bits per heavy atom. The van der Waals surface area contributed by atoms with Gasteiger partial charge in [-0.1, -0.05) is 65.1 Å². The van der Waals surface area contributed by atoms with Crippen molar-refractivity contribution in [1.29, 1.82) is 0 Å². The topological polar surface area (TPSA) is 59.9 Å². The van der Waals surface area contributed by atoms with Crippen molar-refractivity contribution in [1.82, 2.24) is 5.32 Å². The maximum atomic E-state index is 14.3. The molecule has 0 aromatic carbocycles. The molecule has 5 nitrogen and oxygen atoms in total. The molecule has 0 aromatic heterocycles. The van der Waals surface area contributed by atoms with Gasteiger partial charge < -0.3 is 9.57 Å². The second kappa shape index (κ2) is 9.36. The highest BCUT2D eigenvalue weighted by molar-refractivity contribution is 6.48. The second-order valence-corrected chi connectivity index (χ2v) is 11.4. The summed E-state index contributed by atoms with van der Waals surface area (Å²) in [5, 5.41) is 5.91. The number of oxime groups is 1. The van der Waals surface area contributed by atoms with Crippen LogP contribution in [-0.4, -0.2) is 39.9 Å². The average molecular weight is 548 g/mol. The molecule has 3 atom stereocenters. The number of alkyl carbamates (subject to hydrolysis) is 1. The van der Waals surface area contributed by atoms with Gasteiger partial charge in [0.2, 0.25) is 0 Å². The van der Waals surface area contributed by atoms with E-state index in [4.69, 9.17) is 56.0 Å². The zero-order valence-corrected chi connectivity index (χ0v) is 20.6. The highest BCUT2D eigenvalue weighted by atomic mass is 35.5. The lowest BCUT2D eigenvalue weighted by molar-refractivity contribution is -0.252. The van der Waals surface area contributed by atoms with Crippen LogP contribution in [0.2, 0.25) is 0 Å². The number of ether oxygens (including phenoxy) is 1. The number of amides is 1. The molecular formula is C21H21Cl4F3N2O3. The maximum Gasteiger partial charge on any atom is 0.435 e. The van der Waals surface area contributed by atoms with Crippen LogP contribution in [0.15, 0.2) is 51.8 Å². The molecule has 33 heavy (non-hydrogen) atoms. The number of hydrogen-bond donors (Lipinski definition) is 1. The first-order chi connectivity index (χ1) is 15.1.